The number of hydrogen-bond donors (Lipinski definition) is 2. The van der Waals surface area contributed by atoms with E-state index >= 15 is 0 Å². The summed E-state index contributed by atoms with van der Waals surface area (Å²) in [5.41, 5.74) is 3.09. The number of carbonyl (C=O) groups excluding carboxylic acids is 1. The normalized spacial score (nSPS) is 14.8. The Labute approximate surface area is 198 Å². The summed E-state index contributed by atoms with van der Waals surface area (Å²) in [4.78, 5) is 17.5. The van der Waals surface area contributed by atoms with Crippen LogP contribution in [0.25, 0.3) is 5.69 Å². The molecule has 8 nitrogen and oxygen atoms in total. The molecule has 0 aliphatic heterocycles. The minimum atomic E-state index is -3.75. The van der Waals surface area contributed by atoms with Gasteiger partial charge in [-0.25, -0.2) is 18.5 Å². The highest BCUT2D eigenvalue weighted by molar-refractivity contribution is 7.99. The minimum absolute atomic E-state index is 0.00203. The molecule has 0 radical (unpaired) electrons. The van der Waals surface area contributed by atoms with Gasteiger partial charge in [0.15, 0.2) is 5.78 Å². The van der Waals surface area contributed by atoms with E-state index in [9.17, 15) is 13.2 Å². The van der Waals surface area contributed by atoms with Crippen molar-refractivity contribution in [1.29, 1.82) is 0 Å². The van der Waals surface area contributed by atoms with Crippen molar-refractivity contribution in [2.75, 3.05) is 5.75 Å². The van der Waals surface area contributed by atoms with E-state index < -0.39 is 10.0 Å². The first-order valence-corrected chi connectivity index (χ1v) is 13.6. The molecule has 176 valence electrons. The maximum atomic E-state index is 12.9. The van der Waals surface area contributed by atoms with Crippen molar-refractivity contribution in [3.05, 3.63) is 53.1 Å². The number of carbonyl (C=O) groups is 1. The zero-order valence-corrected chi connectivity index (χ0v) is 20.5. The fourth-order valence-electron chi connectivity index (χ4n) is 4.53. The molecule has 1 fully saturated rings. The molecule has 3 aromatic rings. The van der Waals surface area contributed by atoms with Crippen LogP contribution in [0, 0.1) is 19.8 Å². The molecular weight excluding hydrogens is 458 g/mol. The average molecular weight is 488 g/mol. The standard InChI is InChI=1S/C23H29N5O3S2/c1-15-13-20(16(2)28(15)18-8-10-19(11-9-18)33(24,30)31)21(29)14-32-23-25-22(26-27-23)12-7-17-5-3-4-6-17/h8-11,13,17H,3-7,12,14H2,1-2H3,(H2,24,30,31)(H,25,26,27). The SMILES string of the molecule is Cc1cc(C(=O)CSc2n[nH]c(CCC3CCCC3)n2)c(C)n1-c1ccc(S(N)(=O)=O)cc1. The zero-order valence-electron chi connectivity index (χ0n) is 18.9. The molecule has 0 saturated heterocycles. The van der Waals surface area contributed by atoms with Crippen LogP contribution in [0.15, 0.2) is 40.4 Å². The highest BCUT2D eigenvalue weighted by Crippen LogP contribution is 2.28. The van der Waals surface area contributed by atoms with Crippen LogP contribution in [0.2, 0.25) is 0 Å². The van der Waals surface area contributed by atoms with Gasteiger partial charge in [-0.2, -0.15) is 0 Å². The van der Waals surface area contributed by atoms with Crippen molar-refractivity contribution in [3.8, 4) is 5.69 Å². The van der Waals surface area contributed by atoms with Gasteiger partial charge in [0.25, 0.3) is 0 Å². The summed E-state index contributed by atoms with van der Waals surface area (Å²) in [5.74, 6) is 1.93. The first kappa shape index (κ1) is 23.7. The van der Waals surface area contributed by atoms with Gasteiger partial charge in [-0.3, -0.25) is 9.89 Å². The lowest BCUT2D eigenvalue weighted by molar-refractivity contribution is 0.102. The molecule has 0 unspecified atom stereocenters. The number of nitrogens with one attached hydrogen (secondary N) is 1. The number of aromatic amines is 1. The largest absolute Gasteiger partial charge is 0.318 e. The molecule has 1 saturated carbocycles. The Hall–Kier alpha value is -2.43. The van der Waals surface area contributed by atoms with Gasteiger partial charge < -0.3 is 4.57 Å². The first-order chi connectivity index (χ1) is 15.7. The van der Waals surface area contributed by atoms with Crippen molar-refractivity contribution in [2.45, 2.75) is 62.4 Å². The van der Waals surface area contributed by atoms with Crippen LogP contribution >= 0.6 is 11.8 Å². The summed E-state index contributed by atoms with van der Waals surface area (Å²) in [6.45, 7) is 3.79. The lowest BCUT2D eigenvalue weighted by Crippen LogP contribution is -2.12. The molecule has 33 heavy (non-hydrogen) atoms. The molecule has 10 heteroatoms. The number of rotatable bonds is 9. The highest BCUT2D eigenvalue weighted by atomic mass is 32.2. The van der Waals surface area contributed by atoms with Gasteiger partial charge in [-0.05, 0) is 56.5 Å². The molecule has 0 spiro atoms. The fourth-order valence-corrected chi connectivity index (χ4v) is 5.75. The van der Waals surface area contributed by atoms with E-state index in [2.05, 4.69) is 15.2 Å². The average Bonchev–Trinajstić information content (AvgIpc) is 3.51. The number of primary sulfonamides is 1. The van der Waals surface area contributed by atoms with Crippen molar-refractivity contribution < 1.29 is 13.2 Å². The number of aromatic nitrogens is 4. The third-order valence-corrected chi connectivity index (χ3v) is 8.04. The van der Waals surface area contributed by atoms with Gasteiger partial charge in [-0.15, -0.1) is 5.10 Å². The van der Waals surface area contributed by atoms with Gasteiger partial charge in [0.2, 0.25) is 15.2 Å². The summed E-state index contributed by atoms with van der Waals surface area (Å²) < 4.78 is 24.9. The van der Waals surface area contributed by atoms with E-state index in [0.717, 1.165) is 41.7 Å². The number of nitrogens with zero attached hydrogens (tertiary/aromatic N) is 3. The van der Waals surface area contributed by atoms with E-state index in [-0.39, 0.29) is 16.4 Å². The van der Waals surface area contributed by atoms with Gasteiger partial charge in [0.05, 0.1) is 10.6 Å². The predicted molar refractivity (Wildman–Crippen MR) is 128 cm³/mol. The molecule has 1 aliphatic rings. The van der Waals surface area contributed by atoms with E-state index in [4.69, 9.17) is 5.14 Å². The lowest BCUT2D eigenvalue weighted by atomic mass is 10.0. The molecular formula is C23H29N5O3S2. The Bertz CT molecular complexity index is 1240. The summed E-state index contributed by atoms with van der Waals surface area (Å²) in [5, 5.41) is 13.0. The van der Waals surface area contributed by atoms with Crippen LogP contribution in [0.5, 0.6) is 0 Å². The van der Waals surface area contributed by atoms with Crippen LogP contribution in [0.1, 0.15) is 59.7 Å². The maximum absolute atomic E-state index is 12.9. The number of aryl methyl sites for hydroxylation is 2. The number of H-pyrrole nitrogens is 1. The second-order valence-corrected chi connectivity index (χ2v) is 11.1. The number of thioether (sulfide) groups is 1. The summed E-state index contributed by atoms with van der Waals surface area (Å²) in [7, 11) is -3.75. The second kappa shape index (κ2) is 9.82. The smallest absolute Gasteiger partial charge is 0.238 e. The molecule has 1 aliphatic carbocycles. The van der Waals surface area contributed by atoms with Gasteiger partial charge in [-0.1, -0.05) is 37.4 Å². The third kappa shape index (κ3) is 5.56. The minimum Gasteiger partial charge on any atom is -0.318 e. The van der Waals surface area contributed by atoms with E-state index in [1.165, 1.54) is 49.6 Å². The number of nitrogens with two attached hydrogens (primary N) is 1. The highest BCUT2D eigenvalue weighted by Gasteiger charge is 2.19. The van der Waals surface area contributed by atoms with Crippen LogP contribution in [-0.2, 0) is 16.4 Å². The molecule has 0 atom stereocenters. The van der Waals surface area contributed by atoms with Crippen molar-refractivity contribution in [1.82, 2.24) is 19.7 Å². The zero-order chi connectivity index (χ0) is 23.6. The number of benzene rings is 1. The molecule has 1 aromatic carbocycles. The Morgan fingerprint density at radius 3 is 2.58 bits per heavy atom. The number of ketones is 1. The Kier molecular flexibility index (Phi) is 7.06. The van der Waals surface area contributed by atoms with E-state index in [0.29, 0.717) is 10.7 Å². The molecule has 0 bridgehead atoms. The van der Waals surface area contributed by atoms with E-state index in [1.54, 1.807) is 12.1 Å². The van der Waals surface area contributed by atoms with Crippen molar-refractivity contribution in [2.24, 2.45) is 11.1 Å². The summed E-state index contributed by atoms with van der Waals surface area (Å²) in [6.07, 6.45) is 7.36. The molecule has 2 heterocycles. The monoisotopic (exact) mass is 487 g/mol. The summed E-state index contributed by atoms with van der Waals surface area (Å²) >= 11 is 1.33. The Morgan fingerprint density at radius 2 is 1.91 bits per heavy atom. The van der Waals surface area contributed by atoms with Crippen LogP contribution in [0.4, 0.5) is 0 Å². The number of Topliss-reactive ketones (excluding diaryl/α,β-unsaturated/α-hetero) is 1. The topological polar surface area (TPSA) is 124 Å². The second-order valence-electron chi connectivity index (χ2n) is 8.62. The number of hydrogen-bond acceptors (Lipinski definition) is 6. The maximum Gasteiger partial charge on any atom is 0.238 e. The van der Waals surface area contributed by atoms with Crippen molar-refractivity contribution in [3.63, 3.8) is 0 Å². The third-order valence-electron chi connectivity index (χ3n) is 6.26. The predicted octanol–water partition coefficient (Wildman–Crippen LogP) is 3.96. The molecule has 0 amide bonds. The lowest BCUT2D eigenvalue weighted by Gasteiger charge is -2.10. The van der Waals surface area contributed by atoms with Gasteiger partial charge in [0.1, 0.15) is 5.82 Å². The van der Waals surface area contributed by atoms with Crippen LogP contribution in [-0.4, -0.2) is 39.7 Å². The Balaban J connectivity index is 1.40. The molecule has 4 rings (SSSR count). The quantitative estimate of drug-likeness (QED) is 0.348. The molecule has 2 aromatic heterocycles. The first-order valence-electron chi connectivity index (χ1n) is 11.1. The van der Waals surface area contributed by atoms with Gasteiger partial charge in [0, 0.05) is 29.1 Å². The Morgan fingerprint density at radius 1 is 1.21 bits per heavy atom. The van der Waals surface area contributed by atoms with Gasteiger partial charge >= 0.3 is 0 Å². The van der Waals surface area contributed by atoms with Crippen LogP contribution < -0.4 is 5.14 Å². The van der Waals surface area contributed by atoms with Crippen LogP contribution in [0.3, 0.4) is 0 Å². The summed E-state index contributed by atoms with van der Waals surface area (Å²) in [6, 6.07) is 8.16. The van der Waals surface area contributed by atoms with Crippen molar-refractivity contribution >= 4 is 27.6 Å². The van der Waals surface area contributed by atoms with E-state index in [1.807, 2.05) is 24.5 Å². The molecule has 3 N–H and O–H groups in total. The number of sulfonamides is 1. The fraction of sp³-hybridized carbons (Fsp3) is 0.435.